The number of carbonyl (C=O) groups excluding carboxylic acids is 2. The first-order valence-corrected chi connectivity index (χ1v) is 11.4. The zero-order valence-electron chi connectivity index (χ0n) is 19.0. The lowest BCUT2D eigenvalue weighted by Gasteiger charge is -2.42. The van der Waals surface area contributed by atoms with E-state index in [0.29, 0.717) is 25.9 Å². The molecule has 1 aliphatic heterocycles. The summed E-state index contributed by atoms with van der Waals surface area (Å²) in [5.41, 5.74) is 3.08. The van der Waals surface area contributed by atoms with Gasteiger partial charge in [-0.05, 0) is 54.4 Å². The molecule has 2 aromatic rings. The Morgan fingerprint density at radius 1 is 1.28 bits per heavy atom. The highest BCUT2D eigenvalue weighted by Crippen LogP contribution is 2.43. The van der Waals surface area contributed by atoms with Crippen LogP contribution < -0.4 is 5.32 Å². The Bertz CT molecular complexity index is 916. The monoisotopic (exact) mass is 438 g/mol. The van der Waals surface area contributed by atoms with E-state index in [1.165, 1.54) is 12.7 Å². The van der Waals surface area contributed by atoms with Crippen LogP contribution in [0.5, 0.6) is 0 Å². The molecule has 6 nitrogen and oxygen atoms in total. The molecule has 172 valence electrons. The maximum Gasteiger partial charge on any atom is 0.406 e. The molecule has 2 amide bonds. The minimum atomic E-state index is -1.13. The van der Waals surface area contributed by atoms with E-state index < -0.39 is 11.7 Å². The summed E-state index contributed by atoms with van der Waals surface area (Å²) in [6.07, 6.45) is 4.10. The van der Waals surface area contributed by atoms with E-state index in [4.69, 9.17) is 0 Å². The molecule has 2 atom stereocenters. The fraction of sp³-hybridized carbons (Fsp3) is 0.462. The molecule has 32 heavy (non-hydrogen) atoms. The van der Waals surface area contributed by atoms with Crippen molar-refractivity contribution < 1.29 is 19.4 Å². The molecule has 3 rings (SSSR count). The first-order valence-electron chi connectivity index (χ1n) is 11.4. The van der Waals surface area contributed by atoms with Gasteiger partial charge in [-0.1, -0.05) is 55.5 Å². The van der Waals surface area contributed by atoms with Gasteiger partial charge in [-0.15, -0.1) is 0 Å². The topological polar surface area (TPSA) is 78.9 Å². The third kappa shape index (κ3) is 5.49. The molecule has 1 aliphatic rings. The molecule has 0 aliphatic carbocycles. The van der Waals surface area contributed by atoms with Crippen molar-refractivity contribution in [2.75, 3.05) is 26.7 Å². The van der Waals surface area contributed by atoms with Crippen LogP contribution in [0.1, 0.15) is 43.7 Å². The normalized spacial score (nSPS) is 18.0. The average Bonchev–Trinajstić information content (AvgIpc) is 2.86. The molecule has 1 saturated heterocycles. The van der Waals surface area contributed by atoms with Crippen LogP contribution >= 0.6 is 0 Å². The van der Waals surface area contributed by atoms with Crippen LogP contribution in [0.15, 0.2) is 48.5 Å². The standard InChI is InChI=1S/C26H34N2O4/c1-3-20-9-6-10-21(17-20)23-12-4-5-13-24(23)26(31,14-8-15-27-25(30)32-2)22-11-7-16-28(18-22)19-29/h4-6,9-10,12-13,17,19,22,31H,3,7-8,11,14-16,18H2,1-2H3,(H,27,30). The summed E-state index contributed by atoms with van der Waals surface area (Å²) in [6.45, 7) is 3.78. The Hall–Kier alpha value is -2.86. The quantitative estimate of drug-likeness (QED) is 0.456. The fourth-order valence-electron chi connectivity index (χ4n) is 4.74. The minimum absolute atomic E-state index is 0.0879. The lowest BCUT2D eigenvalue weighted by atomic mass is 9.72. The van der Waals surface area contributed by atoms with Crippen molar-refractivity contribution in [2.45, 2.75) is 44.6 Å². The molecule has 1 heterocycles. The van der Waals surface area contributed by atoms with Crippen LogP contribution in [0, 0.1) is 5.92 Å². The second-order valence-electron chi connectivity index (χ2n) is 8.49. The summed E-state index contributed by atoms with van der Waals surface area (Å²) in [4.78, 5) is 24.7. The van der Waals surface area contributed by atoms with Crippen molar-refractivity contribution in [3.63, 3.8) is 0 Å². The molecule has 0 aromatic heterocycles. The number of likely N-dealkylation sites (tertiary alicyclic amines) is 1. The Morgan fingerprint density at radius 2 is 2.09 bits per heavy atom. The Balaban J connectivity index is 1.97. The second kappa shape index (κ2) is 11.1. The van der Waals surface area contributed by atoms with E-state index in [1.807, 2.05) is 18.2 Å². The number of hydrogen-bond acceptors (Lipinski definition) is 4. The Kier molecular flexibility index (Phi) is 8.28. The van der Waals surface area contributed by atoms with Crippen LogP contribution in [0.3, 0.4) is 0 Å². The van der Waals surface area contributed by atoms with Gasteiger partial charge in [0.2, 0.25) is 6.41 Å². The van der Waals surface area contributed by atoms with E-state index in [0.717, 1.165) is 48.9 Å². The average molecular weight is 439 g/mol. The van der Waals surface area contributed by atoms with Gasteiger partial charge in [0.1, 0.15) is 0 Å². The van der Waals surface area contributed by atoms with Crippen molar-refractivity contribution in [2.24, 2.45) is 5.92 Å². The number of methoxy groups -OCH3 is 1. The lowest BCUT2D eigenvalue weighted by Crippen LogP contribution is -2.46. The number of aryl methyl sites for hydroxylation is 1. The van der Waals surface area contributed by atoms with Gasteiger partial charge in [-0.25, -0.2) is 4.79 Å². The third-order valence-electron chi connectivity index (χ3n) is 6.51. The number of benzene rings is 2. The predicted molar refractivity (Wildman–Crippen MR) is 125 cm³/mol. The molecular formula is C26H34N2O4. The zero-order valence-corrected chi connectivity index (χ0v) is 19.0. The van der Waals surface area contributed by atoms with Gasteiger partial charge in [0.05, 0.1) is 12.7 Å². The minimum Gasteiger partial charge on any atom is -0.453 e. The lowest BCUT2D eigenvalue weighted by molar-refractivity contribution is -0.123. The van der Waals surface area contributed by atoms with Crippen molar-refractivity contribution in [1.29, 1.82) is 0 Å². The summed E-state index contributed by atoms with van der Waals surface area (Å²) in [6, 6.07) is 16.4. The number of amides is 2. The Labute approximate surface area is 190 Å². The highest BCUT2D eigenvalue weighted by atomic mass is 16.5. The molecule has 0 bridgehead atoms. The molecule has 0 saturated carbocycles. The van der Waals surface area contributed by atoms with Crippen LogP contribution in [-0.4, -0.2) is 49.3 Å². The van der Waals surface area contributed by atoms with Gasteiger partial charge in [-0.3, -0.25) is 4.79 Å². The van der Waals surface area contributed by atoms with Gasteiger partial charge < -0.3 is 20.1 Å². The van der Waals surface area contributed by atoms with E-state index in [9.17, 15) is 14.7 Å². The number of nitrogens with one attached hydrogen (secondary N) is 1. The van der Waals surface area contributed by atoms with Gasteiger partial charge in [0.15, 0.2) is 0 Å². The highest BCUT2D eigenvalue weighted by molar-refractivity contribution is 5.69. The number of nitrogens with zero attached hydrogens (tertiary/aromatic N) is 1. The van der Waals surface area contributed by atoms with E-state index in [1.54, 1.807) is 4.90 Å². The van der Waals surface area contributed by atoms with Crippen molar-refractivity contribution in [3.8, 4) is 11.1 Å². The molecule has 2 N–H and O–H groups in total. The number of carbonyl (C=O) groups is 2. The van der Waals surface area contributed by atoms with Crippen LogP contribution in [0.2, 0.25) is 0 Å². The molecule has 2 unspecified atom stereocenters. The van der Waals surface area contributed by atoms with Gasteiger partial charge >= 0.3 is 6.09 Å². The maximum absolute atomic E-state index is 12.2. The van der Waals surface area contributed by atoms with Crippen molar-refractivity contribution in [3.05, 3.63) is 59.7 Å². The summed E-state index contributed by atoms with van der Waals surface area (Å²) >= 11 is 0. The largest absolute Gasteiger partial charge is 0.453 e. The smallest absolute Gasteiger partial charge is 0.406 e. The molecule has 6 heteroatoms. The van der Waals surface area contributed by atoms with Crippen molar-refractivity contribution in [1.82, 2.24) is 10.2 Å². The van der Waals surface area contributed by atoms with Gasteiger partial charge in [-0.2, -0.15) is 0 Å². The molecule has 0 spiro atoms. The SMILES string of the molecule is CCc1cccc(-c2ccccc2C(O)(CCCNC(=O)OC)C2CCCN(C=O)C2)c1. The number of aliphatic hydroxyl groups is 1. The first-order chi connectivity index (χ1) is 15.5. The number of ether oxygens (including phenoxy) is 1. The van der Waals surface area contributed by atoms with Gasteiger partial charge in [0.25, 0.3) is 0 Å². The summed E-state index contributed by atoms with van der Waals surface area (Å²) in [7, 11) is 1.34. The molecule has 0 radical (unpaired) electrons. The summed E-state index contributed by atoms with van der Waals surface area (Å²) < 4.78 is 4.65. The van der Waals surface area contributed by atoms with E-state index in [-0.39, 0.29) is 5.92 Å². The zero-order chi connectivity index (χ0) is 23.0. The number of hydrogen-bond donors (Lipinski definition) is 2. The molecular weight excluding hydrogens is 404 g/mol. The van der Waals surface area contributed by atoms with Crippen LogP contribution in [-0.2, 0) is 21.6 Å². The molecule has 2 aromatic carbocycles. The van der Waals surface area contributed by atoms with Gasteiger partial charge in [0, 0.05) is 25.6 Å². The highest BCUT2D eigenvalue weighted by Gasteiger charge is 2.41. The summed E-state index contributed by atoms with van der Waals surface area (Å²) in [5, 5.41) is 14.9. The molecule has 1 fully saturated rings. The third-order valence-corrected chi connectivity index (χ3v) is 6.51. The fourth-order valence-corrected chi connectivity index (χ4v) is 4.74. The first kappa shape index (κ1) is 23.8. The number of piperidine rings is 1. The maximum atomic E-state index is 12.2. The van der Waals surface area contributed by atoms with Crippen LogP contribution in [0.4, 0.5) is 4.79 Å². The van der Waals surface area contributed by atoms with E-state index >= 15 is 0 Å². The summed E-state index contributed by atoms with van der Waals surface area (Å²) in [5.74, 6) is -0.0879. The number of rotatable bonds is 9. The van der Waals surface area contributed by atoms with Crippen molar-refractivity contribution >= 4 is 12.5 Å². The Morgan fingerprint density at radius 3 is 2.84 bits per heavy atom. The number of alkyl carbamates (subject to hydrolysis) is 1. The predicted octanol–water partition coefficient (Wildman–Crippen LogP) is 4.11. The van der Waals surface area contributed by atoms with E-state index in [2.05, 4.69) is 47.3 Å². The second-order valence-corrected chi connectivity index (χ2v) is 8.49. The van der Waals surface area contributed by atoms with Crippen LogP contribution in [0.25, 0.3) is 11.1 Å².